The van der Waals surface area contributed by atoms with Crippen LogP contribution in [0, 0.1) is 0 Å². The summed E-state index contributed by atoms with van der Waals surface area (Å²) in [6.07, 6.45) is 1.97. The second kappa shape index (κ2) is 3.97. The van der Waals surface area contributed by atoms with Gasteiger partial charge in [0.1, 0.15) is 0 Å². The Bertz CT molecular complexity index is 241. The van der Waals surface area contributed by atoms with Gasteiger partial charge in [-0.15, -0.1) is 10.3 Å². The number of rotatable bonds is 2. The predicted molar refractivity (Wildman–Crippen MR) is 66.4 cm³/mol. The van der Waals surface area contributed by atoms with Crippen LogP contribution in [0.25, 0.3) is 0 Å². The lowest BCUT2D eigenvalue weighted by Crippen LogP contribution is -2.65. The monoisotopic (exact) mass is 228 g/mol. The Kier molecular flexibility index (Phi) is 3.46. The van der Waals surface area contributed by atoms with Crippen molar-refractivity contribution in [3.05, 3.63) is 0 Å². The molecule has 0 aromatic heterocycles. The van der Waals surface area contributed by atoms with Crippen molar-refractivity contribution >= 4 is 0 Å². The van der Waals surface area contributed by atoms with Gasteiger partial charge in [-0.25, -0.2) is 0 Å². The van der Waals surface area contributed by atoms with Crippen molar-refractivity contribution in [3.63, 3.8) is 0 Å². The van der Waals surface area contributed by atoms with Gasteiger partial charge in [-0.1, -0.05) is 0 Å². The molecule has 0 amide bonds. The van der Waals surface area contributed by atoms with Gasteiger partial charge in [-0.05, 0) is 34.6 Å². The van der Waals surface area contributed by atoms with E-state index < -0.39 is 0 Å². The van der Waals surface area contributed by atoms with Gasteiger partial charge in [0.2, 0.25) is 0 Å². The molecule has 3 heteroatoms. The Morgan fingerprint density at radius 2 is 1.50 bits per heavy atom. The summed E-state index contributed by atoms with van der Waals surface area (Å²) in [7, 11) is 4.55. The summed E-state index contributed by atoms with van der Waals surface area (Å²) < 4.78 is 1.01. The van der Waals surface area contributed by atoms with Gasteiger partial charge in [0.05, 0.1) is 26.7 Å². The summed E-state index contributed by atoms with van der Waals surface area (Å²) in [4.78, 5) is 0. The van der Waals surface area contributed by atoms with E-state index in [9.17, 15) is 5.21 Å². The minimum atomic E-state index is -0.239. The number of hydrogen-bond acceptors (Lipinski definition) is 1. The lowest BCUT2D eigenvalue weighted by atomic mass is 9.77. The van der Waals surface area contributed by atoms with Gasteiger partial charge in [-0.2, -0.15) is 0 Å². The third-order valence-corrected chi connectivity index (χ3v) is 4.37. The second-order valence-electron chi connectivity index (χ2n) is 7.08. The number of hydrogen-bond donors (Lipinski definition) is 0. The van der Waals surface area contributed by atoms with Gasteiger partial charge in [0.25, 0.3) is 0 Å². The zero-order chi connectivity index (χ0) is 12.8. The van der Waals surface area contributed by atoms with Crippen LogP contribution >= 0.6 is 0 Å². The zero-order valence-electron chi connectivity index (χ0n) is 12.0. The van der Waals surface area contributed by atoms with Crippen LogP contribution in [0.5, 0.6) is 0 Å². The standard InChI is InChI=1S/C13H28N2O/c1-8-15(6,7)11-9-12(2,3)14(16)13(4,5)10-11/h11H,8-10H2,1-7H3/q+1. The van der Waals surface area contributed by atoms with E-state index in [-0.39, 0.29) is 11.1 Å². The van der Waals surface area contributed by atoms with Crippen LogP contribution in [0.2, 0.25) is 0 Å². The molecule has 0 bridgehead atoms. The molecule has 1 radical (unpaired) electrons. The zero-order valence-corrected chi connectivity index (χ0v) is 12.0. The van der Waals surface area contributed by atoms with E-state index in [1.807, 2.05) is 0 Å². The van der Waals surface area contributed by atoms with Crippen molar-refractivity contribution in [2.75, 3.05) is 20.6 Å². The maximum Gasteiger partial charge on any atom is 0.0923 e. The smallest absolute Gasteiger partial charge is 0.0923 e. The Hall–Kier alpha value is -0.120. The second-order valence-corrected chi connectivity index (χ2v) is 7.08. The lowest BCUT2D eigenvalue weighted by molar-refractivity contribution is -0.916. The summed E-state index contributed by atoms with van der Waals surface area (Å²) in [5.41, 5.74) is -0.478. The van der Waals surface area contributed by atoms with Crippen LogP contribution in [0.15, 0.2) is 0 Å². The molecule has 1 aliphatic heterocycles. The number of hydroxylamine groups is 2. The molecule has 0 unspecified atom stereocenters. The van der Waals surface area contributed by atoms with Crippen LogP contribution < -0.4 is 0 Å². The lowest BCUT2D eigenvalue weighted by Gasteiger charge is -2.53. The van der Waals surface area contributed by atoms with Crippen LogP contribution in [0.3, 0.4) is 0 Å². The highest BCUT2D eigenvalue weighted by Gasteiger charge is 2.50. The first kappa shape index (κ1) is 13.9. The molecule has 1 aliphatic rings. The molecule has 0 spiro atoms. The molecule has 3 nitrogen and oxygen atoms in total. The number of nitrogens with zero attached hydrogens (tertiary/aromatic N) is 2. The third kappa shape index (κ3) is 2.41. The number of quaternary nitrogens is 1. The van der Waals surface area contributed by atoms with Gasteiger partial charge < -0.3 is 4.48 Å². The summed E-state index contributed by atoms with van der Waals surface area (Å²) >= 11 is 0. The van der Waals surface area contributed by atoms with Crippen molar-refractivity contribution < 1.29 is 9.69 Å². The maximum absolute atomic E-state index is 12.2. The van der Waals surface area contributed by atoms with Gasteiger partial charge >= 0.3 is 0 Å². The van der Waals surface area contributed by atoms with Crippen molar-refractivity contribution in [3.8, 4) is 0 Å². The van der Waals surface area contributed by atoms with E-state index in [1.54, 1.807) is 0 Å². The summed E-state index contributed by atoms with van der Waals surface area (Å²) in [5, 5.41) is 13.6. The molecule has 0 N–H and O–H groups in total. The summed E-state index contributed by atoms with van der Waals surface area (Å²) in [6, 6.07) is 0.584. The minimum absolute atomic E-state index is 0.239. The molecule has 0 atom stereocenters. The molecule has 0 aromatic rings. The molecule has 0 saturated carbocycles. The fraction of sp³-hybridized carbons (Fsp3) is 1.00. The topological polar surface area (TPSA) is 23.1 Å². The Morgan fingerprint density at radius 1 is 1.12 bits per heavy atom. The molecular weight excluding hydrogens is 200 g/mol. The molecule has 1 fully saturated rings. The predicted octanol–water partition coefficient (Wildman–Crippen LogP) is 2.45. The SMILES string of the molecule is CC[N+](C)(C)C1CC(C)(C)N([O])C(C)(C)C1. The van der Waals surface area contributed by atoms with Crippen molar-refractivity contribution in [1.82, 2.24) is 5.06 Å². The quantitative estimate of drug-likeness (QED) is 0.666. The van der Waals surface area contributed by atoms with E-state index in [1.165, 1.54) is 5.06 Å². The molecule has 1 saturated heterocycles. The van der Waals surface area contributed by atoms with E-state index in [0.717, 1.165) is 23.9 Å². The minimum Gasteiger partial charge on any atom is -0.326 e. The van der Waals surface area contributed by atoms with Crippen LogP contribution in [-0.2, 0) is 5.21 Å². The Balaban J connectivity index is 2.95. The normalized spacial score (nSPS) is 27.0. The van der Waals surface area contributed by atoms with Crippen molar-refractivity contribution in [2.45, 2.75) is 64.6 Å². The first-order chi connectivity index (χ1) is 7.03. The average Bonchev–Trinajstić information content (AvgIpc) is 2.13. The van der Waals surface area contributed by atoms with Gasteiger partial charge in [-0.3, -0.25) is 0 Å². The average molecular weight is 228 g/mol. The maximum atomic E-state index is 12.2. The highest BCUT2D eigenvalue weighted by molar-refractivity contribution is 4.96. The van der Waals surface area contributed by atoms with E-state index in [4.69, 9.17) is 0 Å². The fourth-order valence-corrected chi connectivity index (χ4v) is 2.96. The van der Waals surface area contributed by atoms with Gasteiger partial charge in [0, 0.05) is 23.9 Å². The van der Waals surface area contributed by atoms with Gasteiger partial charge in [0.15, 0.2) is 0 Å². The van der Waals surface area contributed by atoms with Crippen LogP contribution in [-0.4, -0.2) is 47.3 Å². The summed E-state index contributed by atoms with van der Waals surface area (Å²) in [6.45, 7) is 11.6. The number of piperidine rings is 1. The van der Waals surface area contributed by atoms with Crippen LogP contribution in [0.4, 0.5) is 0 Å². The first-order valence-corrected chi connectivity index (χ1v) is 6.33. The van der Waals surface area contributed by atoms with Crippen molar-refractivity contribution in [2.24, 2.45) is 0 Å². The highest BCUT2D eigenvalue weighted by Crippen LogP contribution is 2.40. The largest absolute Gasteiger partial charge is 0.326 e. The van der Waals surface area contributed by atoms with Crippen molar-refractivity contribution in [1.29, 1.82) is 0 Å². The van der Waals surface area contributed by atoms with E-state index in [2.05, 4.69) is 48.7 Å². The molecule has 1 heterocycles. The summed E-state index contributed by atoms with van der Waals surface area (Å²) in [5.74, 6) is 0. The van der Waals surface area contributed by atoms with E-state index >= 15 is 0 Å². The Morgan fingerprint density at radius 3 is 1.81 bits per heavy atom. The molecule has 0 aliphatic carbocycles. The molecule has 16 heavy (non-hydrogen) atoms. The molecule has 95 valence electrons. The Labute approximate surface area is 101 Å². The van der Waals surface area contributed by atoms with Crippen LogP contribution in [0.1, 0.15) is 47.5 Å². The third-order valence-electron chi connectivity index (χ3n) is 4.37. The molecular formula is C13H28N2O+. The van der Waals surface area contributed by atoms with E-state index in [0.29, 0.717) is 6.04 Å². The first-order valence-electron chi connectivity index (χ1n) is 6.33. The highest BCUT2D eigenvalue weighted by atomic mass is 16.5. The molecule has 1 rings (SSSR count). The fourth-order valence-electron chi connectivity index (χ4n) is 2.96. The molecule has 0 aromatic carbocycles.